The number of hydrogen-bond acceptors (Lipinski definition) is 6. The van der Waals surface area contributed by atoms with Crippen LogP contribution >= 0.6 is 0 Å². The first-order valence-electron chi connectivity index (χ1n) is 5.48. The largest absolute Gasteiger partial charge is 0.476 e. The summed E-state index contributed by atoms with van der Waals surface area (Å²) in [5.41, 5.74) is 0.550. The molecule has 0 bridgehead atoms. The summed E-state index contributed by atoms with van der Waals surface area (Å²) in [5.74, 6) is -0.350. The second-order valence-electron chi connectivity index (χ2n) is 4.29. The van der Waals surface area contributed by atoms with Crippen LogP contribution in [0.4, 0.5) is 0 Å². The average molecular weight is 251 g/mol. The minimum atomic E-state index is -1.08. The third-order valence-electron chi connectivity index (χ3n) is 2.34. The molecule has 2 aromatic heterocycles. The Kier molecular flexibility index (Phi) is 3.35. The molecule has 0 aliphatic carbocycles. The molecule has 0 amide bonds. The maximum absolute atomic E-state index is 11.1. The molecular formula is C10H13N5O3. The van der Waals surface area contributed by atoms with Crippen molar-refractivity contribution in [3.8, 4) is 0 Å². The van der Waals surface area contributed by atoms with E-state index in [1.807, 2.05) is 13.8 Å². The third-order valence-corrected chi connectivity index (χ3v) is 2.34. The van der Waals surface area contributed by atoms with Gasteiger partial charge in [0.15, 0.2) is 11.5 Å². The van der Waals surface area contributed by atoms with Crippen molar-refractivity contribution in [2.75, 3.05) is 0 Å². The molecule has 0 fully saturated rings. The predicted molar refractivity (Wildman–Crippen MR) is 58.9 cm³/mol. The summed E-state index contributed by atoms with van der Waals surface area (Å²) in [5, 5.41) is 20.2. The number of nitrogens with zero attached hydrogens (tertiary/aromatic N) is 5. The standard InChI is InChI=1S/C10H13N5O3/c1-6(2)3-7-9(10(16)17)12-14-15(7)4-8-11-5-18-13-8/h5-6H,3-4H2,1-2H3,(H,16,17). The number of aromatic nitrogens is 5. The van der Waals surface area contributed by atoms with Crippen LogP contribution in [0.15, 0.2) is 10.9 Å². The zero-order chi connectivity index (χ0) is 13.1. The lowest BCUT2D eigenvalue weighted by molar-refractivity contribution is 0.0689. The maximum Gasteiger partial charge on any atom is 0.358 e. The molecule has 2 heterocycles. The summed E-state index contributed by atoms with van der Waals surface area (Å²) in [6.45, 7) is 4.24. The number of carboxylic acids is 1. The van der Waals surface area contributed by atoms with E-state index in [4.69, 9.17) is 5.11 Å². The molecule has 0 spiro atoms. The molecule has 96 valence electrons. The summed E-state index contributed by atoms with van der Waals surface area (Å²) in [4.78, 5) is 14.9. The van der Waals surface area contributed by atoms with Gasteiger partial charge in [-0.2, -0.15) is 4.98 Å². The second kappa shape index (κ2) is 4.94. The molecule has 8 heteroatoms. The van der Waals surface area contributed by atoms with Crippen LogP contribution in [0.2, 0.25) is 0 Å². The summed E-state index contributed by atoms with van der Waals surface area (Å²) >= 11 is 0. The fourth-order valence-electron chi connectivity index (χ4n) is 1.61. The maximum atomic E-state index is 11.1. The molecule has 0 unspecified atom stereocenters. The van der Waals surface area contributed by atoms with E-state index >= 15 is 0 Å². The van der Waals surface area contributed by atoms with Gasteiger partial charge in [0.25, 0.3) is 0 Å². The first-order valence-corrected chi connectivity index (χ1v) is 5.48. The molecule has 0 aromatic carbocycles. The molecule has 8 nitrogen and oxygen atoms in total. The first-order chi connectivity index (χ1) is 8.58. The highest BCUT2D eigenvalue weighted by molar-refractivity contribution is 5.86. The Morgan fingerprint density at radius 3 is 2.89 bits per heavy atom. The van der Waals surface area contributed by atoms with Gasteiger partial charge < -0.3 is 9.63 Å². The number of carbonyl (C=O) groups is 1. The van der Waals surface area contributed by atoms with E-state index in [1.165, 1.54) is 11.1 Å². The third kappa shape index (κ3) is 2.53. The van der Waals surface area contributed by atoms with Crippen molar-refractivity contribution in [1.29, 1.82) is 0 Å². The zero-order valence-corrected chi connectivity index (χ0v) is 10.1. The van der Waals surface area contributed by atoms with Gasteiger partial charge >= 0.3 is 5.97 Å². The molecular weight excluding hydrogens is 238 g/mol. The van der Waals surface area contributed by atoms with E-state index in [0.717, 1.165) is 0 Å². The predicted octanol–water partition coefficient (Wildman–Crippen LogP) is 0.606. The minimum absolute atomic E-state index is 0.0211. The molecule has 0 atom stereocenters. The summed E-state index contributed by atoms with van der Waals surface area (Å²) < 4.78 is 6.12. The molecule has 0 radical (unpaired) electrons. The van der Waals surface area contributed by atoms with Crippen LogP contribution in [0.5, 0.6) is 0 Å². The van der Waals surface area contributed by atoms with Crippen LogP contribution in [-0.2, 0) is 13.0 Å². The number of carboxylic acid groups (broad SMARTS) is 1. The van der Waals surface area contributed by atoms with Gasteiger partial charge in [-0.25, -0.2) is 9.48 Å². The fourth-order valence-corrected chi connectivity index (χ4v) is 1.61. The van der Waals surface area contributed by atoms with Gasteiger partial charge in [-0.1, -0.05) is 24.2 Å². The van der Waals surface area contributed by atoms with Crippen molar-refractivity contribution in [3.05, 3.63) is 23.6 Å². The van der Waals surface area contributed by atoms with Crippen LogP contribution < -0.4 is 0 Å². The molecule has 2 rings (SSSR count). The topological polar surface area (TPSA) is 107 Å². The van der Waals surface area contributed by atoms with E-state index < -0.39 is 5.97 Å². The molecule has 0 saturated carbocycles. The highest BCUT2D eigenvalue weighted by Gasteiger charge is 2.20. The second-order valence-corrected chi connectivity index (χ2v) is 4.29. The molecule has 0 aliphatic rings. The normalized spacial score (nSPS) is 11.1. The van der Waals surface area contributed by atoms with Gasteiger partial charge in [0.1, 0.15) is 6.54 Å². The number of aromatic carboxylic acids is 1. The van der Waals surface area contributed by atoms with Crippen LogP contribution in [0.3, 0.4) is 0 Å². The van der Waals surface area contributed by atoms with Crippen molar-refractivity contribution in [1.82, 2.24) is 25.1 Å². The van der Waals surface area contributed by atoms with Gasteiger partial charge in [-0.05, 0) is 12.3 Å². The van der Waals surface area contributed by atoms with Crippen molar-refractivity contribution < 1.29 is 14.4 Å². The smallest absolute Gasteiger partial charge is 0.358 e. The Labute approximate surface area is 103 Å². The molecule has 0 saturated heterocycles. The summed E-state index contributed by atoms with van der Waals surface area (Å²) in [6.07, 6.45) is 1.79. The van der Waals surface area contributed by atoms with E-state index in [-0.39, 0.29) is 12.2 Å². The summed E-state index contributed by atoms with van der Waals surface area (Å²) in [7, 11) is 0. The van der Waals surface area contributed by atoms with Gasteiger partial charge in [0.05, 0.1) is 5.69 Å². The van der Waals surface area contributed by atoms with Crippen LogP contribution in [0.1, 0.15) is 35.9 Å². The number of rotatable bonds is 5. The number of hydrogen-bond donors (Lipinski definition) is 1. The average Bonchev–Trinajstić information content (AvgIpc) is 2.89. The monoisotopic (exact) mass is 251 g/mol. The van der Waals surface area contributed by atoms with Crippen molar-refractivity contribution >= 4 is 5.97 Å². The van der Waals surface area contributed by atoms with Crippen LogP contribution in [0, 0.1) is 5.92 Å². The highest BCUT2D eigenvalue weighted by atomic mass is 16.5. The van der Waals surface area contributed by atoms with E-state index in [9.17, 15) is 4.79 Å². The molecule has 18 heavy (non-hydrogen) atoms. The fraction of sp³-hybridized carbons (Fsp3) is 0.500. The van der Waals surface area contributed by atoms with Gasteiger partial charge in [-0.15, -0.1) is 5.10 Å². The lowest BCUT2D eigenvalue weighted by atomic mass is 10.1. The summed E-state index contributed by atoms with van der Waals surface area (Å²) in [6, 6.07) is 0. The van der Waals surface area contributed by atoms with Crippen molar-refractivity contribution in [2.24, 2.45) is 5.92 Å². The molecule has 1 N–H and O–H groups in total. The Balaban J connectivity index is 2.31. The quantitative estimate of drug-likeness (QED) is 0.829. The van der Waals surface area contributed by atoms with Crippen molar-refractivity contribution in [3.63, 3.8) is 0 Å². The van der Waals surface area contributed by atoms with E-state index in [2.05, 4.69) is 25.0 Å². The lowest BCUT2D eigenvalue weighted by Crippen LogP contribution is -2.12. The minimum Gasteiger partial charge on any atom is -0.476 e. The first kappa shape index (κ1) is 12.2. The van der Waals surface area contributed by atoms with Crippen LogP contribution in [-0.4, -0.2) is 36.2 Å². The highest BCUT2D eigenvalue weighted by Crippen LogP contribution is 2.12. The van der Waals surface area contributed by atoms with Crippen molar-refractivity contribution in [2.45, 2.75) is 26.8 Å². The Morgan fingerprint density at radius 1 is 1.56 bits per heavy atom. The van der Waals surface area contributed by atoms with Gasteiger partial charge in [0, 0.05) is 0 Å². The Morgan fingerprint density at radius 2 is 2.33 bits per heavy atom. The van der Waals surface area contributed by atoms with Gasteiger partial charge in [0.2, 0.25) is 6.39 Å². The Hall–Kier alpha value is -2.25. The molecule has 2 aromatic rings. The zero-order valence-electron chi connectivity index (χ0n) is 10.1. The van der Waals surface area contributed by atoms with Crippen LogP contribution in [0.25, 0.3) is 0 Å². The lowest BCUT2D eigenvalue weighted by Gasteiger charge is -2.07. The Bertz CT molecular complexity index is 532. The van der Waals surface area contributed by atoms with E-state index in [0.29, 0.717) is 23.9 Å². The van der Waals surface area contributed by atoms with Gasteiger partial charge in [-0.3, -0.25) is 0 Å². The SMILES string of the molecule is CC(C)Cc1c(C(=O)O)nnn1Cc1ncon1. The molecule has 0 aliphatic heterocycles. The van der Waals surface area contributed by atoms with E-state index in [1.54, 1.807) is 0 Å².